The first-order chi connectivity index (χ1) is 8.69. The van der Waals surface area contributed by atoms with E-state index in [2.05, 4.69) is 10.6 Å². The van der Waals surface area contributed by atoms with Crippen molar-refractivity contribution in [3.8, 4) is 0 Å². The summed E-state index contributed by atoms with van der Waals surface area (Å²) in [6, 6.07) is 8.90. The molecule has 1 rings (SSSR count). The Morgan fingerprint density at radius 1 is 1.28 bits per heavy atom. The summed E-state index contributed by atoms with van der Waals surface area (Å²) in [7, 11) is 1.61. The van der Waals surface area contributed by atoms with Gasteiger partial charge in [-0.1, -0.05) is 18.2 Å². The number of carbonyl (C=O) groups is 2. The van der Waals surface area contributed by atoms with E-state index in [9.17, 15) is 9.59 Å². The van der Waals surface area contributed by atoms with Gasteiger partial charge in [-0.15, -0.1) is 0 Å². The molecule has 0 saturated carbocycles. The highest BCUT2D eigenvalue weighted by molar-refractivity contribution is 6.21. The van der Waals surface area contributed by atoms with Gasteiger partial charge in [0, 0.05) is 18.9 Å². The molecule has 18 heavy (non-hydrogen) atoms. The summed E-state index contributed by atoms with van der Waals surface area (Å²) >= 11 is 0. The molecule has 0 aliphatic carbocycles. The third kappa shape index (κ3) is 3.93. The number of hydrogen-bond acceptors (Lipinski definition) is 4. The molecule has 5 nitrogen and oxygen atoms in total. The van der Waals surface area contributed by atoms with Gasteiger partial charge in [-0.2, -0.15) is 0 Å². The number of para-hydroxylation sites is 1. The second kappa shape index (κ2) is 7.11. The van der Waals surface area contributed by atoms with Crippen molar-refractivity contribution >= 4 is 17.6 Å². The van der Waals surface area contributed by atoms with Crippen LogP contribution in [0, 0.1) is 0 Å². The van der Waals surface area contributed by atoms with Gasteiger partial charge in [0.2, 0.25) is 0 Å². The van der Waals surface area contributed by atoms with E-state index in [0.29, 0.717) is 5.69 Å². The highest BCUT2D eigenvalue weighted by Gasteiger charge is 2.19. The number of amides is 1. The van der Waals surface area contributed by atoms with E-state index >= 15 is 0 Å². The average molecular weight is 248 g/mol. The first-order valence-corrected chi connectivity index (χ1v) is 5.60. The van der Waals surface area contributed by atoms with Crippen LogP contribution in [0.5, 0.6) is 0 Å². The van der Waals surface area contributed by atoms with Gasteiger partial charge in [0.1, 0.15) is 5.57 Å². The van der Waals surface area contributed by atoms with Crippen LogP contribution in [0.25, 0.3) is 0 Å². The number of benzene rings is 1. The van der Waals surface area contributed by atoms with Crippen molar-refractivity contribution in [3.63, 3.8) is 0 Å². The molecule has 0 unspecified atom stereocenters. The molecular weight excluding hydrogens is 232 g/mol. The molecule has 0 aliphatic rings. The number of nitrogens with one attached hydrogen (secondary N) is 2. The zero-order valence-corrected chi connectivity index (χ0v) is 10.4. The van der Waals surface area contributed by atoms with Crippen molar-refractivity contribution in [2.24, 2.45) is 0 Å². The van der Waals surface area contributed by atoms with E-state index in [1.807, 2.05) is 6.07 Å². The Hall–Kier alpha value is -2.30. The molecule has 0 radical (unpaired) electrons. The lowest BCUT2D eigenvalue weighted by molar-refractivity contribution is -0.139. The van der Waals surface area contributed by atoms with Crippen molar-refractivity contribution in [1.82, 2.24) is 5.32 Å². The van der Waals surface area contributed by atoms with Gasteiger partial charge in [-0.25, -0.2) is 4.79 Å². The highest BCUT2D eigenvalue weighted by Crippen LogP contribution is 2.08. The molecule has 0 heterocycles. The van der Waals surface area contributed by atoms with Crippen molar-refractivity contribution in [1.29, 1.82) is 0 Å². The summed E-state index contributed by atoms with van der Waals surface area (Å²) < 4.78 is 4.81. The Morgan fingerprint density at radius 2 is 1.94 bits per heavy atom. The summed E-state index contributed by atoms with van der Waals surface area (Å²) in [5.74, 6) is -1.16. The van der Waals surface area contributed by atoms with Crippen LogP contribution in [-0.2, 0) is 14.3 Å². The second-order valence-electron chi connectivity index (χ2n) is 3.39. The van der Waals surface area contributed by atoms with Crippen molar-refractivity contribution in [2.45, 2.75) is 6.92 Å². The highest BCUT2D eigenvalue weighted by atomic mass is 16.5. The first kappa shape index (κ1) is 13.8. The Kier molecular flexibility index (Phi) is 5.44. The minimum absolute atomic E-state index is 0.0665. The number of hydrogen-bond donors (Lipinski definition) is 2. The fourth-order valence-electron chi connectivity index (χ4n) is 1.29. The molecule has 2 N–H and O–H groups in total. The summed E-state index contributed by atoms with van der Waals surface area (Å²) in [6.07, 6.45) is 1.32. The van der Waals surface area contributed by atoms with Crippen LogP contribution in [0.1, 0.15) is 6.92 Å². The van der Waals surface area contributed by atoms with Crippen molar-refractivity contribution in [2.75, 3.05) is 19.0 Å². The molecule has 1 aromatic rings. The number of carbonyl (C=O) groups excluding carboxylic acids is 2. The van der Waals surface area contributed by atoms with Gasteiger partial charge in [0.25, 0.3) is 5.91 Å². The van der Waals surface area contributed by atoms with E-state index < -0.39 is 11.9 Å². The zero-order valence-electron chi connectivity index (χ0n) is 10.4. The Balaban J connectivity index is 2.78. The monoisotopic (exact) mass is 248 g/mol. The number of anilines is 1. The smallest absolute Gasteiger partial charge is 0.345 e. The Labute approximate surface area is 106 Å². The molecular formula is C13H16N2O3. The maximum absolute atomic E-state index is 11.9. The van der Waals surface area contributed by atoms with Gasteiger partial charge >= 0.3 is 5.97 Å². The Morgan fingerprint density at radius 3 is 2.50 bits per heavy atom. The quantitative estimate of drug-likeness (QED) is 0.356. The summed E-state index contributed by atoms with van der Waals surface area (Å²) in [4.78, 5) is 23.5. The lowest BCUT2D eigenvalue weighted by atomic mass is 10.2. The maximum atomic E-state index is 11.9. The second-order valence-corrected chi connectivity index (χ2v) is 3.39. The maximum Gasteiger partial charge on any atom is 0.345 e. The fourth-order valence-corrected chi connectivity index (χ4v) is 1.29. The molecule has 0 aromatic heterocycles. The molecule has 0 aliphatic heterocycles. The minimum atomic E-state index is -0.653. The lowest BCUT2D eigenvalue weighted by Crippen LogP contribution is -2.23. The van der Waals surface area contributed by atoms with Crippen LogP contribution in [-0.4, -0.2) is 25.5 Å². The molecule has 1 aromatic carbocycles. The van der Waals surface area contributed by atoms with Gasteiger partial charge in [0.15, 0.2) is 0 Å². The molecule has 5 heteroatoms. The largest absolute Gasteiger partial charge is 0.462 e. The van der Waals surface area contributed by atoms with Crippen LogP contribution in [0.2, 0.25) is 0 Å². The number of esters is 1. The average Bonchev–Trinajstić information content (AvgIpc) is 2.37. The standard InChI is InChI=1S/C13H16N2O3/c1-3-18-13(17)11(9-14-2)12(16)15-10-7-5-4-6-8-10/h4-9,14H,3H2,1-2H3,(H,15,16)/b11-9+. The number of rotatable bonds is 5. The number of ether oxygens (including phenoxy) is 1. The van der Waals surface area contributed by atoms with E-state index in [0.717, 1.165) is 0 Å². The zero-order chi connectivity index (χ0) is 13.4. The van der Waals surface area contributed by atoms with E-state index in [1.54, 1.807) is 38.2 Å². The van der Waals surface area contributed by atoms with E-state index in [-0.39, 0.29) is 12.2 Å². The molecule has 0 fully saturated rings. The predicted octanol–water partition coefficient (Wildman–Crippen LogP) is 1.29. The predicted molar refractivity (Wildman–Crippen MR) is 68.8 cm³/mol. The fraction of sp³-hybridized carbons (Fsp3) is 0.231. The third-order valence-corrected chi connectivity index (χ3v) is 2.06. The molecule has 0 spiro atoms. The summed E-state index contributed by atoms with van der Waals surface area (Å²) in [5, 5.41) is 5.27. The Bertz CT molecular complexity index is 441. The summed E-state index contributed by atoms with van der Waals surface area (Å²) in [6.45, 7) is 1.91. The van der Waals surface area contributed by atoms with Crippen LogP contribution in [0.4, 0.5) is 5.69 Å². The van der Waals surface area contributed by atoms with Crippen molar-refractivity contribution in [3.05, 3.63) is 42.1 Å². The third-order valence-electron chi connectivity index (χ3n) is 2.06. The van der Waals surface area contributed by atoms with E-state index in [1.165, 1.54) is 6.20 Å². The summed E-state index contributed by atoms with van der Waals surface area (Å²) in [5.41, 5.74) is 0.553. The molecule has 0 bridgehead atoms. The lowest BCUT2D eigenvalue weighted by Gasteiger charge is -2.08. The van der Waals surface area contributed by atoms with Crippen LogP contribution in [0.15, 0.2) is 42.1 Å². The molecule has 96 valence electrons. The molecule has 0 saturated heterocycles. The SMILES string of the molecule is CCOC(=O)/C(=C/NC)C(=O)Nc1ccccc1. The van der Waals surface area contributed by atoms with Crippen LogP contribution in [0.3, 0.4) is 0 Å². The molecule has 1 amide bonds. The topological polar surface area (TPSA) is 67.4 Å². The first-order valence-electron chi connectivity index (χ1n) is 5.60. The normalized spacial score (nSPS) is 10.7. The van der Waals surface area contributed by atoms with Gasteiger partial charge < -0.3 is 15.4 Å². The van der Waals surface area contributed by atoms with Gasteiger partial charge in [-0.3, -0.25) is 4.79 Å². The minimum Gasteiger partial charge on any atom is -0.462 e. The van der Waals surface area contributed by atoms with Crippen LogP contribution < -0.4 is 10.6 Å². The van der Waals surface area contributed by atoms with Gasteiger partial charge in [0.05, 0.1) is 6.61 Å². The van der Waals surface area contributed by atoms with Crippen LogP contribution >= 0.6 is 0 Å². The van der Waals surface area contributed by atoms with Gasteiger partial charge in [-0.05, 0) is 19.1 Å². The van der Waals surface area contributed by atoms with Crippen molar-refractivity contribution < 1.29 is 14.3 Å². The van der Waals surface area contributed by atoms with E-state index in [4.69, 9.17) is 4.74 Å². The molecule has 0 atom stereocenters.